The van der Waals surface area contributed by atoms with Crippen LogP contribution in [0.2, 0.25) is 0 Å². The number of nitrogens with zero attached hydrogens (tertiary/aromatic N) is 3. The fourth-order valence-electron chi connectivity index (χ4n) is 8.41. The van der Waals surface area contributed by atoms with Gasteiger partial charge in [-0.1, -0.05) is 169 Å². The zero-order chi connectivity index (χ0) is 43.2. The summed E-state index contributed by atoms with van der Waals surface area (Å²) >= 11 is 0. The molecule has 0 spiro atoms. The molecule has 0 aliphatic rings. The fraction of sp³-hybridized carbons (Fsp3) is 0.175. The third-order valence-corrected chi connectivity index (χ3v) is 12.4. The van der Waals surface area contributed by atoms with E-state index in [-0.39, 0.29) is 43.1 Å². The molecule has 6 aromatic carbocycles. The molecule has 0 fully saturated rings. The predicted octanol–water partition coefficient (Wildman–Crippen LogP) is 14.4. The molecule has 0 amide bonds. The van der Waals surface area contributed by atoms with E-state index in [0.29, 0.717) is 22.6 Å². The summed E-state index contributed by atoms with van der Waals surface area (Å²) in [5.41, 5.74) is 13.7. The summed E-state index contributed by atoms with van der Waals surface area (Å²) < 4.78 is 6.78. The second-order valence-corrected chi connectivity index (χ2v) is 18.3. The smallest absolute Gasteiger partial charge is 0.230 e. The van der Waals surface area contributed by atoms with Gasteiger partial charge in [-0.2, -0.15) is 0 Å². The van der Waals surface area contributed by atoms with Gasteiger partial charge in [0, 0.05) is 61.7 Å². The van der Waals surface area contributed by atoms with Crippen LogP contribution in [0.1, 0.15) is 76.3 Å². The maximum atomic E-state index is 12.0. The maximum absolute atomic E-state index is 12.0. The topological polar surface area (TPSA) is 72.0 Å². The minimum absolute atomic E-state index is 0. The molecule has 0 radical (unpaired) electrons. The molecule has 3 aromatic heterocycles. The number of hydrogen-bond acceptors (Lipinski definition) is 5. The third-order valence-electron chi connectivity index (χ3n) is 12.4. The average molecular weight is 1000 g/mol. The van der Waals surface area contributed by atoms with Crippen LogP contribution < -0.4 is 0 Å². The number of pyridine rings is 2. The van der Waals surface area contributed by atoms with Crippen LogP contribution in [0.5, 0.6) is 5.75 Å². The van der Waals surface area contributed by atoms with Gasteiger partial charge < -0.3 is 9.52 Å². The standard InChI is InChI=1S/C57H50N3O2.Pt/c1-55(2,3)49-34-39(37-17-11-8-12-18-37)33-48(53(49)61)54-60-52-47(32-40(35-51(52)62-54)38-19-13-9-14-20-38)41-29-42(31-46(30-41)57(6,7)43-21-15-10-16-22-43)50-24-23-45(36-59-50)56(4,5)44-25-27-58-28-26-44;/h8-28,30-36,61H,1-7H3;/q-1;. The zero-order valence-electron chi connectivity index (χ0n) is 36.7. The Labute approximate surface area is 385 Å². The van der Waals surface area contributed by atoms with Gasteiger partial charge in [0.25, 0.3) is 0 Å². The van der Waals surface area contributed by atoms with Crippen molar-refractivity contribution in [1.29, 1.82) is 0 Å². The molecule has 0 aliphatic carbocycles. The summed E-state index contributed by atoms with van der Waals surface area (Å²) in [6.45, 7) is 15.3. The van der Waals surface area contributed by atoms with Crippen molar-refractivity contribution in [3.63, 3.8) is 0 Å². The molecule has 3 heterocycles. The average Bonchev–Trinajstić information content (AvgIpc) is 3.73. The molecular weight excluding hydrogens is 954 g/mol. The van der Waals surface area contributed by atoms with E-state index in [2.05, 4.69) is 169 Å². The quantitative estimate of drug-likeness (QED) is 0.146. The normalized spacial score (nSPS) is 12.0. The van der Waals surface area contributed by atoms with Gasteiger partial charge in [-0.3, -0.25) is 9.97 Å². The van der Waals surface area contributed by atoms with E-state index in [1.54, 1.807) is 0 Å². The van der Waals surface area contributed by atoms with E-state index < -0.39 is 0 Å². The van der Waals surface area contributed by atoms with Gasteiger partial charge in [0.15, 0.2) is 0 Å². The molecule has 63 heavy (non-hydrogen) atoms. The van der Waals surface area contributed by atoms with Crippen LogP contribution in [0.4, 0.5) is 0 Å². The van der Waals surface area contributed by atoms with Crippen molar-refractivity contribution in [2.24, 2.45) is 0 Å². The second kappa shape index (κ2) is 17.0. The number of rotatable bonds is 9. The van der Waals surface area contributed by atoms with Gasteiger partial charge in [-0.25, -0.2) is 4.98 Å². The minimum atomic E-state index is -0.374. The van der Waals surface area contributed by atoms with E-state index >= 15 is 0 Å². The Kier molecular flexibility index (Phi) is 11.7. The van der Waals surface area contributed by atoms with Crippen molar-refractivity contribution in [2.75, 3.05) is 0 Å². The molecule has 6 heteroatoms. The van der Waals surface area contributed by atoms with Crippen molar-refractivity contribution in [3.8, 4) is 61.8 Å². The van der Waals surface area contributed by atoms with Gasteiger partial charge in [0.2, 0.25) is 5.89 Å². The zero-order valence-corrected chi connectivity index (χ0v) is 39.0. The van der Waals surface area contributed by atoms with E-state index in [4.69, 9.17) is 14.4 Å². The summed E-state index contributed by atoms with van der Waals surface area (Å²) in [6.07, 6.45) is 5.66. The van der Waals surface area contributed by atoms with E-state index in [1.807, 2.05) is 61.1 Å². The van der Waals surface area contributed by atoms with Crippen LogP contribution in [-0.2, 0) is 37.3 Å². The van der Waals surface area contributed by atoms with Crippen molar-refractivity contribution >= 4 is 11.1 Å². The Morgan fingerprint density at radius 2 is 1.08 bits per heavy atom. The Morgan fingerprint density at radius 1 is 0.524 bits per heavy atom. The Hall–Kier alpha value is -6.42. The summed E-state index contributed by atoms with van der Waals surface area (Å²) in [7, 11) is 0. The van der Waals surface area contributed by atoms with Crippen molar-refractivity contribution in [1.82, 2.24) is 15.0 Å². The number of aromatic nitrogens is 3. The van der Waals surface area contributed by atoms with Crippen LogP contribution in [0, 0.1) is 6.07 Å². The SMILES string of the molecule is CC(C)(C)c1cc(-c2ccccc2)cc(-c2nc3c(-c4[c-]c(-c5ccc(C(C)(C)c6ccncc6)cn5)cc(C(C)(C)c5ccccc5)c4)cc(-c4ccccc4)cc3o2)c1O.[Pt]. The van der Waals surface area contributed by atoms with E-state index in [1.165, 1.54) is 11.1 Å². The predicted molar refractivity (Wildman–Crippen MR) is 253 cm³/mol. The van der Waals surface area contributed by atoms with Crippen molar-refractivity contribution in [3.05, 3.63) is 204 Å². The summed E-state index contributed by atoms with van der Waals surface area (Å²) in [5.74, 6) is 0.512. The fourth-order valence-corrected chi connectivity index (χ4v) is 8.41. The third kappa shape index (κ3) is 8.43. The monoisotopic (exact) mass is 1000 g/mol. The molecule has 0 bridgehead atoms. The molecule has 0 saturated carbocycles. The Bertz CT molecular complexity index is 3030. The number of phenolic OH excluding ortho intramolecular Hbond substituents is 1. The first kappa shape index (κ1) is 43.2. The first-order valence-corrected chi connectivity index (χ1v) is 21.2. The largest absolute Gasteiger partial charge is 0.507 e. The molecule has 9 aromatic rings. The number of phenols is 1. The van der Waals surface area contributed by atoms with E-state index in [0.717, 1.165) is 61.3 Å². The van der Waals surface area contributed by atoms with Crippen LogP contribution in [0.25, 0.3) is 67.2 Å². The summed E-state index contributed by atoms with van der Waals surface area (Å²) in [4.78, 5) is 14.6. The van der Waals surface area contributed by atoms with Gasteiger partial charge in [-0.15, -0.1) is 29.3 Å². The molecule has 9 rings (SSSR count). The number of fused-ring (bicyclic) bond motifs is 1. The van der Waals surface area contributed by atoms with Crippen LogP contribution in [0.3, 0.4) is 0 Å². The van der Waals surface area contributed by atoms with Gasteiger partial charge >= 0.3 is 0 Å². The molecule has 316 valence electrons. The van der Waals surface area contributed by atoms with Crippen LogP contribution in [0.15, 0.2) is 175 Å². The van der Waals surface area contributed by atoms with Gasteiger partial charge in [0.1, 0.15) is 11.3 Å². The molecule has 5 nitrogen and oxygen atoms in total. The molecule has 0 aliphatic heterocycles. The number of oxazole rings is 1. The molecule has 0 atom stereocenters. The van der Waals surface area contributed by atoms with Gasteiger partial charge in [-0.05, 0) is 74.7 Å². The molecule has 0 unspecified atom stereocenters. The van der Waals surface area contributed by atoms with Crippen LogP contribution in [-0.4, -0.2) is 20.1 Å². The van der Waals surface area contributed by atoms with Crippen molar-refractivity contribution in [2.45, 2.75) is 64.7 Å². The van der Waals surface area contributed by atoms with Crippen LogP contribution >= 0.6 is 0 Å². The maximum Gasteiger partial charge on any atom is 0.230 e. The van der Waals surface area contributed by atoms with Crippen molar-refractivity contribution < 1.29 is 30.6 Å². The molecular formula is C57H50N3O2Pt-. The van der Waals surface area contributed by atoms with E-state index in [9.17, 15) is 5.11 Å². The summed E-state index contributed by atoms with van der Waals surface area (Å²) in [5, 5.41) is 12.0. The number of hydrogen-bond donors (Lipinski definition) is 1. The first-order chi connectivity index (χ1) is 29.8. The Balaban J connectivity index is 0.00000544. The van der Waals surface area contributed by atoms with Gasteiger partial charge in [0.05, 0.1) is 11.1 Å². The number of aromatic hydroxyl groups is 1. The first-order valence-electron chi connectivity index (χ1n) is 21.2. The molecule has 1 N–H and O–H groups in total. The molecule has 0 saturated heterocycles. The minimum Gasteiger partial charge on any atom is -0.507 e. The summed E-state index contributed by atoms with van der Waals surface area (Å²) in [6, 6.07) is 56.2. The Morgan fingerprint density at radius 3 is 1.68 bits per heavy atom. The second-order valence-electron chi connectivity index (χ2n) is 18.3. The number of benzene rings is 6.